The zero-order valence-corrected chi connectivity index (χ0v) is 10.6. The predicted molar refractivity (Wildman–Crippen MR) is 62.7 cm³/mol. The van der Waals surface area contributed by atoms with Gasteiger partial charge in [0.15, 0.2) is 0 Å². The molecular weight excluding hydrogens is 238 g/mol. The highest BCUT2D eigenvalue weighted by atomic mass is 16.6. The molecule has 1 rings (SSSR count). The smallest absolute Gasteiger partial charge is 0.415 e. The molecule has 1 N–H and O–H groups in total. The first-order chi connectivity index (χ1) is 8.63. The van der Waals surface area contributed by atoms with E-state index in [4.69, 9.17) is 4.74 Å². The van der Waals surface area contributed by atoms with E-state index in [2.05, 4.69) is 17.0 Å². The fraction of sp³-hybridized carbons (Fsp3) is 0.750. The van der Waals surface area contributed by atoms with Gasteiger partial charge >= 0.3 is 18.0 Å². The van der Waals surface area contributed by atoms with Crippen LogP contribution in [0.2, 0.25) is 0 Å². The van der Waals surface area contributed by atoms with Gasteiger partial charge in [0, 0.05) is 6.42 Å². The molecule has 1 saturated heterocycles. The molecular formula is C12H19NO5. The van der Waals surface area contributed by atoms with Crippen molar-refractivity contribution >= 4 is 18.0 Å². The van der Waals surface area contributed by atoms with Crippen LogP contribution in [-0.2, 0) is 19.1 Å². The third-order valence-corrected chi connectivity index (χ3v) is 2.67. The van der Waals surface area contributed by atoms with Crippen molar-refractivity contribution in [3.63, 3.8) is 0 Å². The number of rotatable bonds is 8. The van der Waals surface area contributed by atoms with E-state index in [-0.39, 0.29) is 18.8 Å². The van der Waals surface area contributed by atoms with Gasteiger partial charge in [-0.25, -0.2) is 9.59 Å². The summed E-state index contributed by atoms with van der Waals surface area (Å²) in [6.07, 6.45) is 3.76. The standard InChI is InChI=1S/C12H19NO5/c1-2-3-4-5-8-17-10(14)7-6-9-11(15)18-12(16)13-9/h9H,2-8H2,1H3,(H,13,16). The van der Waals surface area contributed by atoms with Gasteiger partial charge in [-0.1, -0.05) is 26.2 Å². The zero-order valence-electron chi connectivity index (χ0n) is 10.6. The average Bonchev–Trinajstić information content (AvgIpc) is 2.65. The van der Waals surface area contributed by atoms with Gasteiger partial charge in [0.2, 0.25) is 0 Å². The van der Waals surface area contributed by atoms with Crippen molar-refractivity contribution in [2.24, 2.45) is 0 Å². The highest BCUT2D eigenvalue weighted by molar-refractivity contribution is 5.95. The van der Waals surface area contributed by atoms with E-state index < -0.39 is 18.1 Å². The lowest BCUT2D eigenvalue weighted by Gasteiger charge is -2.06. The molecule has 0 radical (unpaired) electrons. The Morgan fingerprint density at radius 2 is 2.11 bits per heavy atom. The number of unbranched alkanes of at least 4 members (excludes halogenated alkanes) is 3. The first kappa shape index (κ1) is 14.5. The van der Waals surface area contributed by atoms with E-state index in [1.807, 2.05) is 0 Å². The first-order valence-electron chi connectivity index (χ1n) is 6.31. The molecule has 0 aliphatic carbocycles. The predicted octanol–water partition coefficient (Wildman–Crippen LogP) is 1.53. The molecule has 1 amide bonds. The van der Waals surface area contributed by atoms with E-state index in [0.29, 0.717) is 6.61 Å². The van der Waals surface area contributed by atoms with Crippen molar-refractivity contribution in [3.8, 4) is 0 Å². The molecule has 0 spiro atoms. The number of cyclic esters (lactones) is 2. The van der Waals surface area contributed by atoms with Crippen molar-refractivity contribution in [1.82, 2.24) is 5.32 Å². The third-order valence-electron chi connectivity index (χ3n) is 2.67. The van der Waals surface area contributed by atoms with Crippen molar-refractivity contribution in [3.05, 3.63) is 0 Å². The molecule has 1 aliphatic rings. The van der Waals surface area contributed by atoms with Crippen LogP contribution >= 0.6 is 0 Å². The van der Waals surface area contributed by atoms with Crippen LogP contribution in [0.3, 0.4) is 0 Å². The second-order valence-corrected chi connectivity index (χ2v) is 4.23. The van der Waals surface area contributed by atoms with Crippen molar-refractivity contribution in [2.45, 2.75) is 51.5 Å². The number of hydrogen-bond donors (Lipinski definition) is 1. The number of alkyl carbamates (subject to hydrolysis) is 1. The number of hydrogen-bond acceptors (Lipinski definition) is 5. The minimum absolute atomic E-state index is 0.105. The molecule has 1 aliphatic heterocycles. The van der Waals surface area contributed by atoms with E-state index in [0.717, 1.165) is 25.7 Å². The van der Waals surface area contributed by atoms with Crippen LogP contribution in [0, 0.1) is 0 Å². The monoisotopic (exact) mass is 257 g/mol. The van der Waals surface area contributed by atoms with Gasteiger partial charge < -0.3 is 14.8 Å². The quantitative estimate of drug-likeness (QED) is 0.405. The van der Waals surface area contributed by atoms with Gasteiger partial charge in [-0.15, -0.1) is 0 Å². The van der Waals surface area contributed by atoms with Crippen LogP contribution in [-0.4, -0.2) is 30.7 Å². The van der Waals surface area contributed by atoms with Crippen molar-refractivity contribution < 1.29 is 23.9 Å². The van der Waals surface area contributed by atoms with E-state index in [1.54, 1.807) is 0 Å². The third kappa shape index (κ3) is 5.16. The fourth-order valence-corrected chi connectivity index (χ4v) is 1.63. The minimum Gasteiger partial charge on any atom is -0.466 e. The number of carbonyl (C=O) groups excluding carboxylic acids is 3. The Kier molecular flexibility index (Phi) is 6.18. The molecule has 6 heteroatoms. The van der Waals surface area contributed by atoms with E-state index in [1.165, 1.54) is 0 Å². The molecule has 0 aromatic rings. The topological polar surface area (TPSA) is 81.7 Å². The molecule has 102 valence electrons. The second-order valence-electron chi connectivity index (χ2n) is 4.23. The molecule has 0 saturated carbocycles. The summed E-state index contributed by atoms with van der Waals surface area (Å²) < 4.78 is 9.30. The van der Waals surface area contributed by atoms with Gasteiger partial charge in [-0.05, 0) is 12.8 Å². The van der Waals surface area contributed by atoms with Crippen LogP contribution < -0.4 is 5.32 Å². The lowest BCUT2D eigenvalue weighted by molar-refractivity contribution is -0.144. The maximum absolute atomic E-state index is 11.3. The molecule has 6 nitrogen and oxygen atoms in total. The van der Waals surface area contributed by atoms with Crippen LogP contribution in [0.15, 0.2) is 0 Å². The number of esters is 2. The largest absolute Gasteiger partial charge is 0.466 e. The SMILES string of the molecule is CCCCCCOC(=O)CCC1NC(=O)OC1=O. The molecule has 0 aromatic heterocycles. The van der Waals surface area contributed by atoms with Crippen LogP contribution in [0.1, 0.15) is 45.4 Å². The van der Waals surface area contributed by atoms with Gasteiger partial charge in [0.1, 0.15) is 6.04 Å². The summed E-state index contributed by atoms with van der Waals surface area (Å²) in [7, 11) is 0. The summed E-state index contributed by atoms with van der Waals surface area (Å²) in [6, 6.07) is -0.717. The molecule has 0 aromatic carbocycles. The van der Waals surface area contributed by atoms with Gasteiger partial charge in [0.25, 0.3) is 0 Å². The Morgan fingerprint density at radius 3 is 2.72 bits per heavy atom. The second kappa shape index (κ2) is 7.68. The molecule has 1 heterocycles. The fourth-order valence-electron chi connectivity index (χ4n) is 1.63. The molecule has 0 bridgehead atoms. The highest BCUT2D eigenvalue weighted by Gasteiger charge is 2.32. The lowest BCUT2D eigenvalue weighted by atomic mass is 10.1. The van der Waals surface area contributed by atoms with Crippen molar-refractivity contribution in [2.75, 3.05) is 6.61 Å². The van der Waals surface area contributed by atoms with E-state index in [9.17, 15) is 14.4 Å². The Balaban J connectivity index is 2.06. The maximum atomic E-state index is 11.3. The van der Waals surface area contributed by atoms with Crippen LogP contribution in [0.4, 0.5) is 4.79 Å². The van der Waals surface area contributed by atoms with E-state index >= 15 is 0 Å². The number of ether oxygens (including phenoxy) is 2. The van der Waals surface area contributed by atoms with Gasteiger partial charge in [0.05, 0.1) is 6.61 Å². The summed E-state index contributed by atoms with van der Waals surface area (Å²) in [5, 5.41) is 2.32. The van der Waals surface area contributed by atoms with Crippen molar-refractivity contribution in [1.29, 1.82) is 0 Å². The van der Waals surface area contributed by atoms with Gasteiger partial charge in [-0.3, -0.25) is 4.79 Å². The molecule has 1 atom stereocenters. The summed E-state index contributed by atoms with van der Waals surface area (Å²) in [5.41, 5.74) is 0. The minimum atomic E-state index is -0.752. The Bertz CT molecular complexity index is 316. The Morgan fingerprint density at radius 1 is 1.33 bits per heavy atom. The summed E-state index contributed by atoms with van der Waals surface area (Å²) in [6.45, 7) is 2.53. The van der Waals surface area contributed by atoms with Crippen LogP contribution in [0.5, 0.6) is 0 Å². The Hall–Kier alpha value is -1.59. The summed E-state index contributed by atoms with van der Waals surface area (Å²) in [5.74, 6) is -0.976. The first-order valence-corrected chi connectivity index (χ1v) is 6.31. The highest BCUT2D eigenvalue weighted by Crippen LogP contribution is 2.08. The number of amides is 1. The summed E-state index contributed by atoms with van der Waals surface area (Å²) in [4.78, 5) is 33.1. The number of nitrogens with one attached hydrogen (secondary N) is 1. The lowest BCUT2D eigenvalue weighted by Crippen LogP contribution is -2.29. The maximum Gasteiger partial charge on any atom is 0.415 e. The van der Waals surface area contributed by atoms with Crippen LogP contribution in [0.25, 0.3) is 0 Å². The molecule has 1 fully saturated rings. The average molecular weight is 257 g/mol. The normalized spacial score (nSPS) is 18.4. The molecule has 18 heavy (non-hydrogen) atoms. The Labute approximate surface area is 106 Å². The summed E-state index contributed by atoms with van der Waals surface area (Å²) >= 11 is 0. The number of carbonyl (C=O) groups is 3. The van der Waals surface area contributed by atoms with Gasteiger partial charge in [-0.2, -0.15) is 0 Å². The zero-order chi connectivity index (χ0) is 13.4. The molecule has 1 unspecified atom stereocenters.